The third-order valence-electron chi connectivity index (χ3n) is 4.24. The molecule has 9 nitrogen and oxygen atoms in total. The van der Waals surface area contributed by atoms with Crippen LogP contribution in [0.15, 0.2) is 24.3 Å². The third-order valence-corrected chi connectivity index (χ3v) is 5.98. The maximum atomic E-state index is 12.4. The number of carbonyl (C=O) groups is 1. The molecule has 1 aromatic heterocycles. The van der Waals surface area contributed by atoms with Gasteiger partial charge in [-0.15, -0.1) is 0 Å². The molecule has 0 bridgehead atoms. The number of aromatic nitrogens is 3. The van der Waals surface area contributed by atoms with Crippen molar-refractivity contribution in [2.24, 2.45) is 0 Å². The van der Waals surface area contributed by atoms with Crippen molar-refractivity contribution in [3.05, 3.63) is 35.5 Å². The quantitative estimate of drug-likeness (QED) is 0.744. The standard InChI is InChI=1S/C17H18N4O5S/c1-21-9-6-14(7-10-21)27(24,25)11-8-12-2-4-13(5-3-12)26-16-15(17(22)23)18-20-19-16/h2-5,14H,6-7,9-10H2,1H3,(H,22,23)(H,18,19,20). The Kier molecular flexibility index (Phi) is 5.43. The zero-order valence-corrected chi connectivity index (χ0v) is 15.4. The fourth-order valence-corrected chi connectivity index (χ4v) is 3.91. The monoisotopic (exact) mass is 390 g/mol. The van der Waals surface area contributed by atoms with E-state index in [9.17, 15) is 13.2 Å². The maximum Gasteiger partial charge on any atom is 0.359 e. The Bertz CT molecular complexity index is 980. The van der Waals surface area contributed by atoms with Crippen molar-refractivity contribution in [2.45, 2.75) is 18.1 Å². The Morgan fingerprint density at radius 1 is 1.30 bits per heavy atom. The lowest BCUT2D eigenvalue weighted by atomic mass is 10.1. The van der Waals surface area contributed by atoms with Gasteiger partial charge in [-0.3, -0.25) is 0 Å². The number of likely N-dealkylation sites (tertiary alicyclic amines) is 1. The van der Waals surface area contributed by atoms with E-state index in [1.165, 1.54) is 0 Å². The van der Waals surface area contributed by atoms with Gasteiger partial charge in [-0.25, -0.2) is 18.3 Å². The normalized spacial score (nSPS) is 15.7. The number of nitrogens with zero attached hydrogens (tertiary/aromatic N) is 3. The van der Waals surface area contributed by atoms with Gasteiger partial charge in [0.15, 0.2) is 0 Å². The van der Waals surface area contributed by atoms with Gasteiger partial charge in [0.05, 0.1) is 5.25 Å². The van der Waals surface area contributed by atoms with Crippen molar-refractivity contribution in [3.8, 4) is 22.8 Å². The Morgan fingerprint density at radius 3 is 2.59 bits per heavy atom. The molecule has 2 aromatic rings. The molecule has 0 radical (unpaired) electrons. The summed E-state index contributed by atoms with van der Waals surface area (Å²) in [6.07, 6.45) is 1.17. The summed E-state index contributed by atoms with van der Waals surface area (Å²) in [5.41, 5.74) is 0.251. The van der Waals surface area contributed by atoms with Crippen molar-refractivity contribution in [1.82, 2.24) is 20.3 Å². The molecule has 3 rings (SSSR count). The van der Waals surface area contributed by atoms with Crippen LogP contribution < -0.4 is 4.74 Å². The van der Waals surface area contributed by atoms with E-state index in [0.717, 1.165) is 13.1 Å². The van der Waals surface area contributed by atoms with Gasteiger partial charge in [-0.05, 0) is 57.2 Å². The molecule has 1 aliphatic heterocycles. The smallest absolute Gasteiger partial charge is 0.359 e. The molecule has 27 heavy (non-hydrogen) atoms. The van der Waals surface area contributed by atoms with Crippen LogP contribution in [0.1, 0.15) is 28.9 Å². The van der Waals surface area contributed by atoms with Crippen LogP contribution in [0, 0.1) is 11.2 Å². The third kappa shape index (κ3) is 4.64. The Balaban J connectivity index is 1.68. The highest BCUT2D eigenvalue weighted by Gasteiger charge is 2.27. The number of aromatic carboxylic acids is 1. The number of piperidine rings is 1. The zero-order valence-electron chi connectivity index (χ0n) is 14.5. The van der Waals surface area contributed by atoms with Crippen LogP contribution in [-0.4, -0.2) is 65.2 Å². The van der Waals surface area contributed by atoms with E-state index in [2.05, 4.69) is 31.5 Å². The van der Waals surface area contributed by atoms with Gasteiger partial charge in [0.2, 0.25) is 15.5 Å². The Labute approximate surface area is 156 Å². The summed E-state index contributed by atoms with van der Waals surface area (Å²) < 4.78 is 30.1. The molecular formula is C17H18N4O5S. The summed E-state index contributed by atoms with van der Waals surface area (Å²) in [5, 5.41) is 20.1. The van der Waals surface area contributed by atoms with Crippen LogP contribution in [0.2, 0.25) is 0 Å². The van der Waals surface area contributed by atoms with Gasteiger partial charge in [0.1, 0.15) is 5.75 Å². The Hall–Kier alpha value is -2.90. The highest BCUT2D eigenvalue weighted by molar-refractivity contribution is 7.96. The predicted octanol–water partition coefficient (Wildman–Crippen LogP) is 1.11. The molecule has 1 saturated heterocycles. The lowest BCUT2D eigenvalue weighted by molar-refractivity contribution is 0.0687. The van der Waals surface area contributed by atoms with Crippen LogP contribution in [0.5, 0.6) is 11.6 Å². The molecule has 0 amide bonds. The topological polar surface area (TPSA) is 125 Å². The van der Waals surface area contributed by atoms with E-state index >= 15 is 0 Å². The number of hydrogen-bond acceptors (Lipinski definition) is 7. The first-order chi connectivity index (χ1) is 12.8. The van der Waals surface area contributed by atoms with Gasteiger partial charge >= 0.3 is 5.97 Å². The van der Waals surface area contributed by atoms with Crippen molar-refractivity contribution in [2.75, 3.05) is 20.1 Å². The lowest BCUT2D eigenvalue weighted by Crippen LogP contribution is -2.36. The first kappa shape index (κ1) is 18.9. The number of ether oxygens (including phenoxy) is 1. The molecule has 2 heterocycles. The molecule has 142 valence electrons. The van der Waals surface area contributed by atoms with E-state index in [-0.39, 0.29) is 11.6 Å². The summed E-state index contributed by atoms with van der Waals surface area (Å²) in [4.78, 5) is 13.1. The molecule has 1 fully saturated rings. The number of rotatable bonds is 4. The first-order valence-corrected chi connectivity index (χ1v) is 9.77. The van der Waals surface area contributed by atoms with E-state index in [1.807, 2.05) is 7.05 Å². The molecule has 0 spiro atoms. The van der Waals surface area contributed by atoms with Crippen molar-refractivity contribution in [1.29, 1.82) is 0 Å². The summed E-state index contributed by atoms with van der Waals surface area (Å²) in [6.45, 7) is 1.50. The van der Waals surface area contributed by atoms with E-state index < -0.39 is 21.1 Å². The molecule has 0 atom stereocenters. The molecule has 1 aliphatic rings. The van der Waals surface area contributed by atoms with Crippen LogP contribution in [0.25, 0.3) is 0 Å². The predicted molar refractivity (Wildman–Crippen MR) is 96.2 cm³/mol. The second-order valence-electron chi connectivity index (χ2n) is 6.20. The molecular weight excluding hydrogens is 372 g/mol. The van der Waals surface area contributed by atoms with Crippen molar-refractivity contribution >= 4 is 15.8 Å². The van der Waals surface area contributed by atoms with Crippen LogP contribution >= 0.6 is 0 Å². The van der Waals surface area contributed by atoms with E-state index in [0.29, 0.717) is 24.2 Å². The second kappa shape index (κ2) is 7.77. The molecule has 10 heteroatoms. The number of sulfone groups is 1. The lowest BCUT2D eigenvalue weighted by Gasteiger charge is -2.27. The highest BCUT2D eigenvalue weighted by atomic mass is 32.2. The summed E-state index contributed by atoms with van der Waals surface area (Å²) in [6, 6.07) is 6.28. The number of benzene rings is 1. The first-order valence-electron chi connectivity index (χ1n) is 8.22. The number of carboxylic acid groups (broad SMARTS) is 1. The van der Waals surface area contributed by atoms with Gasteiger partial charge < -0.3 is 14.7 Å². The Morgan fingerprint density at radius 2 is 1.96 bits per heavy atom. The SMILES string of the molecule is CN1CCC(S(=O)(=O)C#Cc2ccc(Oc3nn[nH]c3C(=O)O)cc2)CC1. The van der Waals surface area contributed by atoms with Crippen LogP contribution in [0.4, 0.5) is 0 Å². The largest absolute Gasteiger partial charge is 0.476 e. The minimum absolute atomic E-state index is 0.161. The minimum atomic E-state index is -3.48. The summed E-state index contributed by atoms with van der Waals surface area (Å²) in [5.74, 6) is 1.60. The molecule has 0 unspecified atom stereocenters. The van der Waals surface area contributed by atoms with E-state index in [4.69, 9.17) is 9.84 Å². The fraction of sp³-hybridized carbons (Fsp3) is 0.353. The zero-order chi connectivity index (χ0) is 19.4. The van der Waals surface area contributed by atoms with Crippen LogP contribution in [0.3, 0.4) is 0 Å². The second-order valence-corrected chi connectivity index (χ2v) is 8.16. The number of aromatic amines is 1. The van der Waals surface area contributed by atoms with Gasteiger partial charge in [-0.2, -0.15) is 0 Å². The average molecular weight is 390 g/mol. The van der Waals surface area contributed by atoms with Crippen LogP contribution in [-0.2, 0) is 9.84 Å². The molecule has 2 N–H and O–H groups in total. The van der Waals surface area contributed by atoms with Crippen molar-refractivity contribution in [3.63, 3.8) is 0 Å². The maximum absolute atomic E-state index is 12.4. The van der Waals surface area contributed by atoms with Gasteiger partial charge in [0, 0.05) is 10.8 Å². The average Bonchev–Trinajstić information content (AvgIpc) is 3.10. The molecule has 1 aromatic carbocycles. The molecule has 0 aliphatic carbocycles. The number of hydrogen-bond donors (Lipinski definition) is 2. The number of nitrogens with one attached hydrogen (secondary N) is 1. The minimum Gasteiger partial charge on any atom is -0.476 e. The highest BCUT2D eigenvalue weighted by Crippen LogP contribution is 2.22. The van der Waals surface area contributed by atoms with Gasteiger partial charge in [0.25, 0.3) is 5.88 Å². The summed E-state index contributed by atoms with van der Waals surface area (Å²) >= 11 is 0. The fourth-order valence-electron chi connectivity index (χ4n) is 2.66. The summed E-state index contributed by atoms with van der Waals surface area (Å²) in [7, 11) is -1.51. The number of carboxylic acids is 1. The molecule has 0 saturated carbocycles. The van der Waals surface area contributed by atoms with E-state index in [1.54, 1.807) is 24.3 Å². The van der Waals surface area contributed by atoms with Gasteiger partial charge in [-0.1, -0.05) is 16.2 Å². The number of H-pyrrole nitrogens is 1. The van der Waals surface area contributed by atoms with Crippen molar-refractivity contribution < 1.29 is 23.1 Å².